The molecule has 2 saturated heterocycles. The Morgan fingerprint density at radius 2 is 1.91 bits per heavy atom. The van der Waals surface area contributed by atoms with Gasteiger partial charge in [0.05, 0.1) is 5.69 Å². The van der Waals surface area contributed by atoms with Crippen molar-refractivity contribution in [3.63, 3.8) is 0 Å². The number of carbonyl (C=O) groups is 3. The maximum Gasteiger partial charge on any atom is 0.573 e. The Kier molecular flexibility index (Phi) is 5.68. The minimum absolute atomic E-state index is 0.135. The minimum Gasteiger partial charge on any atom is -0.406 e. The van der Waals surface area contributed by atoms with Gasteiger partial charge in [-0.2, -0.15) is 0 Å². The summed E-state index contributed by atoms with van der Waals surface area (Å²) in [5.74, 6) is -1.34. The van der Waals surface area contributed by atoms with E-state index in [1.807, 2.05) is 0 Å². The summed E-state index contributed by atoms with van der Waals surface area (Å²) in [5.41, 5.74) is 0.458. The fourth-order valence-electron chi connectivity index (χ4n) is 3.78. The molecule has 2 atom stereocenters. The number of carbonyl (C=O) groups excluding carboxylic acids is 3. The number of imide groups is 1. The Labute approximate surface area is 184 Å². The van der Waals surface area contributed by atoms with Crippen LogP contribution in [0.25, 0.3) is 0 Å². The van der Waals surface area contributed by atoms with Crippen LogP contribution in [0.3, 0.4) is 0 Å². The number of pyridine rings is 1. The lowest BCUT2D eigenvalue weighted by Crippen LogP contribution is -2.49. The van der Waals surface area contributed by atoms with Gasteiger partial charge < -0.3 is 15.0 Å². The highest BCUT2D eigenvalue weighted by Crippen LogP contribution is 2.32. The zero-order valence-corrected chi connectivity index (χ0v) is 17.1. The Hall–Kier alpha value is -3.34. The van der Waals surface area contributed by atoms with Gasteiger partial charge in [-0.1, -0.05) is 11.6 Å². The summed E-state index contributed by atoms with van der Waals surface area (Å²) in [6, 6.07) is 5.72. The van der Waals surface area contributed by atoms with Crippen LogP contribution in [0, 0.1) is 0 Å². The number of urea groups is 1. The first-order valence-corrected chi connectivity index (χ1v) is 9.93. The van der Waals surface area contributed by atoms with Crippen LogP contribution in [0.2, 0.25) is 5.15 Å². The van der Waals surface area contributed by atoms with Crippen LogP contribution in [-0.4, -0.2) is 52.7 Å². The molecule has 2 unspecified atom stereocenters. The molecule has 2 aromatic rings. The number of aromatic nitrogens is 1. The summed E-state index contributed by atoms with van der Waals surface area (Å²) in [7, 11) is 0. The first kappa shape index (κ1) is 21.9. The number of hydrogen-bond donors (Lipinski definition) is 1. The molecule has 8 nitrogen and oxygen atoms in total. The van der Waals surface area contributed by atoms with E-state index in [1.165, 1.54) is 35.4 Å². The molecule has 2 aliphatic rings. The van der Waals surface area contributed by atoms with Crippen LogP contribution >= 0.6 is 11.6 Å². The van der Waals surface area contributed by atoms with Crippen molar-refractivity contribution in [3.05, 3.63) is 53.3 Å². The summed E-state index contributed by atoms with van der Waals surface area (Å²) in [6.45, 7) is 0.239. The average molecular weight is 469 g/mol. The summed E-state index contributed by atoms with van der Waals surface area (Å²) in [4.78, 5) is 44.3. The van der Waals surface area contributed by atoms with E-state index in [2.05, 4.69) is 15.0 Å². The molecule has 3 heterocycles. The number of fused-ring (bicyclic) bond motifs is 1. The Morgan fingerprint density at radius 1 is 1.19 bits per heavy atom. The van der Waals surface area contributed by atoms with Crippen molar-refractivity contribution in [3.8, 4) is 5.75 Å². The van der Waals surface area contributed by atoms with Crippen LogP contribution in [0.15, 0.2) is 42.6 Å². The Morgan fingerprint density at radius 3 is 2.56 bits per heavy atom. The highest BCUT2D eigenvalue weighted by molar-refractivity contribution is 6.29. The van der Waals surface area contributed by atoms with E-state index >= 15 is 0 Å². The van der Waals surface area contributed by atoms with Crippen molar-refractivity contribution in [1.82, 2.24) is 15.2 Å². The van der Waals surface area contributed by atoms with Gasteiger partial charge in [0.1, 0.15) is 16.9 Å². The molecule has 2 aliphatic heterocycles. The molecule has 0 radical (unpaired) electrons. The van der Waals surface area contributed by atoms with Crippen molar-refractivity contribution >= 4 is 35.1 Å². The summed E-state index contributed by atoms with van der Waals surface area (Å²) in [5, 5.41) is 3.01. The lowest BCUT2D eigenvalue weighted by atomic mass is 9.97. The third kappa shape index (κ3) is 4.47. The molecule has 1 aromatic carbocycles. The van der Waals surface area contributed by atoms with Crippen molar-refractivity contribution in [2.24, 2.45) is 0 Å². The van der Waals surface area contributed by atoms with Gasteiger partial charge in [-0.25, -0.2) is 14.7 Å². The smallest absolute Gasteiger partial charge is 0.406 e. The summed E-state index contributed by atoms with van der Waals surface area (Å²) >= 11 is 5.81. The summed E-state index contributed by atoms with van der Waals surface area (Å²) in [6.07, 6.45) is -2.79. The number of piperidine rings is 1. The normalized spacial score (nSPS) is 20.9. The molecule has 0 saturated carbocycles. The first-order chi connectivity index (χ1) is 15.1. The minimum atomic E-state index is -4.84. The van der Waals surface area contributed by atoms with Crippen molar-refractivity contribution in [1.29, 1.82) is 0 Å². The zero-order valence-electron chi connectivity index (χ0n) is 16.3. The van der Waals surface area contributed by atoms with Gasteiger partial charge in [-0.05, 0) is 49.2 Å². The molecule has 0 aliphatic carbocycles. The SMILES string of the molecule is O=C(NC1CCN2C(=O)N(c3ccc(OC(F)(F)F)cc3)C(=O)C2C1)c1ccnc(Cl)c1. The molecular weight excluding hydrogens is 453 g/mol. The molecule has 4 rings (SSSR count). The fourth-order valence-corrected chi connectivity index (χ4v) is 3.95. The number of alkyl halides is 3. The van der Waals surface area contributed by atoms with Crippen LogP contribution < -0.4 is 15.0 Å². The number of nitrogens with zero attached hydrogens (tertiary/aromatic N) is 3. The van der Waals surface area contributed by atoms with Crippen molar-refractivity contribution < 1.29 is 32.3 Å². The molecule has 4 amide bonds. The number of nitrogens with one attached hydrogen (secondary N) is 1. The molecule has 168 valence electrons. The van der Waals surface area contributed by atoms with Crippen LogP contribution in [0.1, 0.15) is 23.2 Å². The molecule has 0 bridgehead atoms. The van der Waals surface area contributed by atoms with Gasteiger partial charge in [0.25, 0.3) is 11.8 Å². The summed E-state index contributed by atoms with van der Waals surface area (Å²) < 4.78 is 40.8. The predicted molar refractivity (Wildman–Crippen MR) is 106 cm³/mol. The van der Waals surface area contributed by atoms with Crippen LogP contribution in [-0.2, 0) is 4.79 Å². The van der Waals surface area contributed by atoms with Crippen molar-refractivity contribution in [2.45, 2.75) is 31.3 Å². The maximum atomic E-state index is 12.9. The molecule has 2 fully saturated rings. The third-order valence-electron chi connectivity index (χ3n) is 5.20. The quantitative estimate of drug-likeness (QED) is 0.549. The zero-order chi connectivity index (χ0) is 23.0. The van der Waals surface area contributed by atoms with Gasteiger partial charge in [-0.15, -0.1) is 13.2 Å². The van der Waals surface area contributed by atoms with E-state index in [-0.39, 0.29) is 35.8 Å². The Balaban J connectivity index is 1.44. The molecule has 1 aromatic heterocycles. The van der Waals surface area contributed by atoms with Gasteiger partial charge in [0.15, 0.2) is 0 Å². The highest BCUT2D eigenvalue weighted by Gasteiger charge is 2.48. The van der Waals surface area contributed by atoms with Gasteiger partial charge >= 0.3 is 12.4 Å². The topological polar surface area (TPSA) is 91.8 Å². The lowest BCUT2D eigenvalue weighted by molar-refractivity contribution is -0.274. The first-order valence-electron chi connectivity index (χ1n) is 9.55. The van der Waals surface area contributed by atoms with E-state index < -0.39 is 30.1 Å². The second-order valence-electron chi connectivity index (χ2n) is 7.27. The Bertz CT molecular complexity index is 1060. The van der Waals surface area contributed by atoms with E-state index in [0.717, 1.165) is 17.0 Å². The second-order valence-corrected chi connectivity index (χ2v) is 7.66. The van der Waals surface area contributed by atoms with Crippen molar-refractivity contribution in [2.75, 3.05) is 11.4 Å². The van der Waals surface area contributed by atoms with Gasteiger partial charge in [0.2, 0.25) is 0 Å². The van der Waals surface area contributed by atoms with E-state index in [1.54, 1.807) is 0 Å². The van der Waals surface area contributed by atoms with Crippen LogP contribution in [0.4, 0.5) is 23.7 Å². The van der Waals surface area contributed by atoms with Gasteiger partial charge in [-0.3, -0.25) is 9.59 Å². The largest absolute Gasteiger partial charge is 0.573 e. The van der Waals surface area contributed by atoms with Gasteiger partial charge in [0, 0.05) is 24.3 Å². The average Bonchev–Trinajstić information content (AvgIpc) is 2.97. The maximum absolute atomic E-state index is 12.9. The van der Waals surface area contributed by atoms with E-state index in [4.69, 9.17) is 11.6 Å². The number of amides is 4. The predicted octanol–water partition coefficient (Wildman–Crippen LogP) is 3.36. The van der Waals surface area contributed by atoms with E-state index in [0.29, 0.717) is 12.0 Å². The molecule has 32 heavy (non-hydrogen) atoms. The monoisotopic (exact) mass is 468 g/mol. The number of hydrogen-bond acceptors (Lipinski definition) is 5. The number of benzene rings is 1. The molecule has 0 spiro atoms. The second kappa shape index (κ2) is 8.30. The van der Waals surface area contributed by atoms with Crippen LogP contribution in [0.5, 0.6) is 5.75 Å². The fraction of sp³-hybridized carbons (Fsp3) is 0.300. The third-order valence-corrected chi connectivity index (χ3v) is 5.40. The molecule has 1 N–H and O–H groups in total. The molecule has 12 heteroatoms. The number of rotatable bonds is 4. The highest BCUT2D eigenvalue weighted by atomic mass is 35.5. The lowest BCUT2D eigenvalue weighted by Gasteiger charge is -2.32. The number of ether oxygens (including phenoxy) is 1. The van der Waals surface area contributed by atoms with E-state index in [9.17, 15) is 27.6 Å². The molecular formula is C20H16ClF3N4O4. The number of halogens is 4. The standard InChI is InChI=1S/C20H16ClF3N4O4/c21-16-9-11(5-7-25-16)17(29)26-12-6-8-27-15(10-12)18(30)28(19(27)31)13-1-3-14(4-2-13)32-20(22,23)24/h1-5,7,9,12,15H,6,8,10H2,(H,26,29). The number of anilines is 1.